The van der Waals surface area contributed by atoms with E-state index in [-0.39, 0.29) is 36.6 Å². The third kappa shape index (κ3) is 6.56. The Hall–Kier alpha value is -1.77. The Balaban J connectivity index is 1.48. The summed E-state index contributed by atoms with van der Waals surface area (Å²) in [6.07, 6.45) is 4.16. The van der Waals surface area contributed by atoms with Crippen LogP contribution in [0.3, 0.4) is 0 Å². The molecule has 0 aromatic carbocycles. The van der Waals surface area contributed by atoms with Crippen LogP contribution in [0.25, 0.3) is 0 Å². The highest BCUT2D eigenvalue weighted by Crippen LogP contribution is 2.39. The predicted octanol–water partition coefficient (Wildman–Crippen LogP) is -0.420. The molecule has 0 spiro atoms. The Labute approximate surface area is 147 Å². The van der Waals surface area contributed by atoms with Gasteiger partial charge in [0, 0.05) is 37.7 Å². The largest absolute Gasteiger partial charge is 0.378 e. The predicted molar refractivity (Wildman–Crippen MR) is 90.5 cm³/mol. The molecule has 0 bridgehead atoms. The van der Waals surface area contributed by atoms with Crippen LogP contribution in [-0.2, 0) is 23.9 Å². The first kappa shape index (κ1) is 19.6. The molecule has 0 aromatic rings. The van der Waals surface area contributed by atoms with Gasteiger partial charge in [0.2, 0.25) is 5.91 Å². The van der Waals surface area contributed by atoms with Gasteiger partial charge in [0.05, 0.1) is 26.4 Å². The second-order valence-corrected chi connectivity index (χ2v) is 6.14. The van der Waals surface area contributed by atoms with Crippen LogP contribution in [0.1, 0.15) is 25.7 Å². The first-order chi connectivity index (χ1) is 12.1. The normalized spacial score (nSPS) is 17.2. The minimum atomic E-state index is -0.252. The number of nitrogens with two attached hydrogens (primary N) is 1. The van der Waals surface area contributed by atoms with E-state index in [0.717, 1.165) is 12.8 Å². The number of hydrogen-bond donors (Lipinski definition) is 2. The molecule has 3 amide bonds. The van der Waals surface area contributed by atoms with Crippen molar-refractivity contribution in [2.24, 2.45) is 11.7 Å². The highest BCUT2D eigenvalue weighted by molar-refractivity contribution is 6.16. The van der Waals surface area contributed by atoms with Gasteiger partial charge in [-0.25, -0.2) is 0 Å². The SMILES string of the molecule is NCCOCCOCCNC(=O)CCCN1C(=O)C=C(C2CC2)C1=O. The Morgan fingerprint density at radius 2 is 1.92 bits per heavy atom. The van der Waals surface area contributed by atoms with E-state index in [1.807, 2.05) is 0 Å². The first-order valence-electron chi connectivity index (χ1n) is 8.83. The Morgan fingerprint density at radius 3 is 2.60 bits per heavy atom. The van der Waals surface area contributed by atoms with Gasteiger partial charge in [0.15, 0.2) is 0 Å². The molecule has 2 aliphatic rings. The lowest BCUT2D eigenvalue weighted by Crippen LogP contribution is -2.33. The molecule has 8 nitrogen and oxygen atoms in total. The van der Waals surface area contributed by atoms with Crippen LogP contribution < -0.4 is 11.1 Å². The van der Waals surface area contributed by atoms with E-state index in [9.17, 15) is 14.4 Å². The van der Waals surface area contributed by atoms with E-state index >= 15 is 0 Å². The number of carbonyl (C=O) groups excluding carboxylic acids is 3. The van der Waals surface area contributed by atoms with Gasteiger partial charge < -0.3 is 20.5 Å². The highest BCUT2D eigenvalue weighted by atomic mass is 16.5. The second kappa shape index (κ2) is 10.3. The van der Waals surface area contributed by atoms with E-state index in [4.69, 9.17) is 15.2 Å². The zero-order valence-electron chi connectivity index (χ0n) is 14.5. The number of imide groups is 1. The van der Waals surface area contributed by atoms with Crippen molar-refractivity contribution in [3.05, 3.63) is 11.6 Å². The summed E-state index contributed by atoms with van der Waals surface area (Å²) in [6, 6.07) is 0. The number of rotatable bonds is 13. The molecule has 8 heteroatoms. The van der Waals surface area contributed by atoms with Crippen LogP contribution in [0.2, 0.25) is 0 Å². The Bertz CT molecular complexity index is 516. The molecule has 0 atom stereocenters. The van der Waals surface area contributed by atoms with E-state index in [0.29, 0.717) is 51.5 Å². The van der Waals surface area contributed by atoms with Gasteiger partial charge >= 0.3 is 0 Å². The average Bonchev–Trinajstić information content (AvgIpc) is 3.39. The number of amides is 3. The van der Waals surface area contributed by atoms with Gasteiger partial charge in [-0.3, -0.25) is 19.3 Å². The lowest BCUT2D eigenvalue weighted by atomic mass is 10.2. The fourth-order valence-electron chi connectivity index (χ4n) is 2.58. The lowest BCUT2D eigenvalue weighted by molar-refractivity contribution is -0.137. The summed E-state index contributed by atoms with van der Waals surface area (Å²) in [5.74, 6) is -0.279. The van der Waals surface area contributed by atoms with Crippen molar-refractivity contribution < 1.29 is 23.9 Å². The van der Waals surface area contributed by atoms with Gasteiger partial charge in [-0.1, -0.05) is 0 Å². The molecule has 2 rings (SSSR count). The summed E-state index contributed by atoms with van der Waals surface area (Å²) in [5, 5.41) is 2.74. The van der Waals surface area contributed by atoms with Gasteiger partial charge in [-0.2, -0.15) is 0 Å². The topological polar surface area (TPSA) is 111 Å². The molecule has 0 aromatic heterocycles. The molecule has 0 radical (unpaired) electrons. The van der Waals surface area contributed by atoms with Crippen LogP contribution >= 0.6 is 0 Å². The number of ether oxygens (including phenoxy) is 2. The van der Waals surface area contributed by atoms with Crippen LogP contribution in [0, 0.1) is 5.92 Å². The monoisotopic (exact) mass is 353 g/mol. The van der Waals surface area contributed by atoms with Crippen molar-refractivity contribution in [2.45, 2.75) is 25.7 Å². The fraction of sp³-hybridized carbons (Fsp3) is 0.706. The number of nitrogens with one attached hydrogen (secondary N) is 1. The average molecular weight is 353 g/mol. The third-order valence-electron chi connectivity index (χ3n) is 4.04. The quantitative estimate of drug-likeness (QED) is 0.344. The standard InChI is InChI=1S/C17H27N3O5/c18-5-8-24-10-11-25-9-6-19-15(21)2-1-7-20-16(22)12-14(17(20)23)13-3-4-13/h12-13H,1-11,18H2,(H,19,21). The number of carbonyl (C=O) groups is 3. The van der Waals surface area contributed by atoms with Crippen molar-refractivity contribution in [1.29, 1.82) is 0 Å². The fourth-order valence-corrected chi connectivity index (χ4v) is 2.58. The molecular weight excluding hydrogens is 326 g/mol. The highest BCUT2D eigenvalue weighted by Gasteiger charge is 2.39. The van der Waals surface area contributed by atoms with Crippen molar-refractivity contribution in [3.63, 3.8) is 0 Å². The van der Waals surface area contributed by atoms with Crippen LogP contribution in [0.4, 0.5) is 0 Å². The maximum absolute atomic E-state index is 12.1. The van der Waals surface area contributed by atoms with Gasteiger partial charge in [-0.05, 0) is 25.2 Å². The number of hydrogen-bond acceptors (Lipinski definition) is 6. The van der Waals surface area contributed by atoms with Crippen LogP contribution in [-0.4, -0.2) is 68.7 Å². The lowest BCUT2D eigenvalue weighted by Gasteiger charge is -2.14. The summed E-state index contributed by atoms with van der Waals surface area (Å²) in [6.45, 7) is 3.07. The van der Waals surface area contributed by atoms with Crippen molar-refractivity contribution in [3.8, 4) is 0 Å². The summed E-state index contributed by atoms with van der Waals surface area (Å²) >= 11 is 0. The minimum Gasteiger partial charge on any atom is -0.378 e. The summed E-state index contributed by atoms with van der Waals surface area (Å²) < 4.78 is 10.5. The zero-order chi connectivity index (χ0) is 18.1. The van der Waals surface area contributed by atoms with E-state index < -0.39 is 0 Å². The van der Waals surface area contributed by atoms with Crippen molar-refractivity contribution in [1.82, 2.24) is 10.2 Å². The van der Waals surface area contributed by atoms with Crippen molar-refractivity contribution >= 4 is 17.7 Å². The maximum atomic E-state index is 12.1. The summed E-state index contributed by atoms with van der Waals surface area (Å²) in [4.78, 5) is 36.9. The molecule has 1 aliphatic carbocycles. The van der Waals surface area contributed by atoms with E-state index in [1.54, 1.807) is 0 Å². The molecule has 1 fully saturated rings. The van der Waals surface area contributed by atoms with Crippen LogP contribution in [0.15, 0.2) is 11.6 Å². The molecular formula is C17H27N3O5. The summed E-state index contributed by atoms with van der Waals surface area (Å²) in [7, 11) is 0. The Morgan fingerprint density at radius 1 is 1.20 bits per heavy atom. The molecule has 0 saturated heterocycles. The van der Waals surface area contributed by atoms with E-state index in [1.165, 1.54) is 11.0 Å². The number of nitrogens with zero attached hydrogens (tertiary/aromatic N) is 1. The Kier molecular flexibility index (Phi) is 8.03. The van der Waals surface area contributed by atoms with Gasteiger partial charge in [0.25, 0.3) is 11.8 Å². The van der Waals surface area contributed by atoms with Crippen LogP contribution in [0.5, 0.6) is 0 Å². The second-order valence-electron chi connectivity index (χ2n) is 6.14. The molecule has 1 saturated carbocycles. The zero-order valence-corrected chi connectivity index (χ0v) is 14.5. The van der Waals surface area contributed by atoms with Gasteiger partial charge in [-0.15, -0.1) is 0 Å². The van der Waals surface area contributed by atoms with E-state index in [2.05, 4.69) is 5.32 Å². The van der Waals surface area contributed by atoms with Crippen molar-refractivity contribution in [2.75, 3.05) is 46.1 Å². The first-order valence-corrected chi connectivity index (χ1v) is 8.83. The van der Waals surface area contributed by atoms with Gasteiger partial charge in [0.1, 0.15) is 0 Å². The smallest absolute Gasteiger partial charge is 0.257 e. The molecule has 1 aliphatic heterocycles. The maximum Gasteiger partial charge on any atom is 0.257 e. The molecule has 3 N–H and O–H groups in total. The molecule has 0 unspecified atom stereocenters. The summed E-state index contributed by atoms with van der Waals surface area (Å²) in [5.41, 5.74) is 5.93. The third-order valence-corrected chi connectivity index (χ3v) is 4.04. The molecule has 140 valence electrons. The molecule has 25 heavy (non-hydrogen) atoms. The minimum absolute atomic E-state index is 0.113. The molecule has 1 heterocycles.